The van der Waals surface area contributed by atoms with E-state index in [1.165, 1.54) is 35.1 Å². The van der Waals surface area contributed by atoms with Gasteiger partial charge in [-0.3, -0.25) is 9.69 Å². The Morgan fingerprint density at radius 2 is 1.73 bits per heavy atom. The second-order valence-corrected chi connectivity index (χ2v) is 9.71. The molecule has 2 aromatic carbocycles. The van der Waals surface area contributed by atoms with Crippen LogP contribution in [0.5, 0.6) is 0 Å². The van der Waals surface area contributed by atoms with Gasteiger partial charge in [-0.1, -0.05) is 17.4 Å². The summed E-state index contributed by atoms with van der Waals surface area (Å²) in [5, 5.41) is 0.802. The van der Waals surface area contributed by atoms with E-state index < -0.39 is 0 Å². The van der Waals surface area contributed by atoms with Gasteiger partial charge in [0.25, 0.3) is 5.91 Å². The average molecular weight is 422 g/mol. The van der Waals surface area contributed by atoms with E-state index in [0.717, 1.165) is 46.7 Å². The lowest BCUT2D eigenvalue weighted by molar-refractivity contribution is 0.0986. The number of aromatic nitrogens is 1. The van der Waals surface area contributed by atoms with Crippen LogP contribution in [0.3, 0.4) is 0 Å². The van der Waals surface area contributed by atoms with Gasteiger partial charge >= 0.3 is 0 Å². The van der Waals surface area contributed by atoms with Crippen molar-refractivity contribution in [2.24, 2.45) is 0 Å². The minimum atomic E-state index is 0.0645. The first-order valence-corrected chi connectivity index (χ1v) is 11.7. The van der Waals surface area contributed by atoms with E-state index in [0.29, 0.717) is 6.54 Å². The molecule has 158 valence electrons. The Kier molecular flexibility index (Phi) is 6.21. The largest absolute Gasteiger partial charge is 0.309 e. The molecule has 1 aromatic heterocycles. The van der Waals surface area contributed by atoms with E-state index in [-0.39, 0.29) is 5.91 Å². The fourth-order valence-electron chi connectivity index (χ4n) is 4.13. The predicted octanol–water partition coefficient (Wildman–Crippen LogP) is 5.39. The lowest BCUT2D eigenvalue weighted by atomic mass is 9.90. The van der Waals surface area contributed by atoms with E-state index in [4.69, 9.17) is 4.98 Å². The van der Waals surface area contributed by atoms with Gasteiger partial charge in [0, 0.05) is 12.1 Å². The molecule has 30 heavy (non-hydrogen) atoms. The number of rotatable bonds is 6. The van der Waals surface area contributed by atoms with Gasteiger partial charge in [0.05, 0.1) is 10.2 Å². The van der Waals surface area contributed by atoms with E-state index in [2.05, 4.69) is 57.1 Å². The number of carbonyl (C=O) groups excluding carboxylic acids is 1. The molecule has 0 radical (unpaired) electrons. The summed E-state index contributed by atoms with van der Waals surface area (Å²) in [6.45, 7) is 5.85. The smallest absolute Gasteiger partial charge is 0.260 e. The number of aryl methyl sites for hydroxylation is 4. The van der Waals surface area contributed by atoms with Crippen molar-refractivity contribution in [3.63, 3.8) is 0 Å². The van der Waals surface area contributed by atoms with Crippen molar-refractivity contribution >= 4 is 32.6 Å². The van der Waals surface area contributed by atoms with Gasteiger partial charge in [-0.05, 0) is 113 Å². The third-order valence-electron chi connectivity index (χ3n) is 6.05. The van der Waals surface area contributed by atoms with Crippen LogP contribution in [0, 0.1) is 13.8 Å². The van der Waals surface area contributed by atoms with Crippen LogP contribution in [0.25, 0.3) is 10.2 Å². The highest BCUT2D eigenvalue weighted by Gasteiger charge is 2.23. The number of fused-ring (bicyclic) bond motifs is 2. The number of nitrogens with zero attached hydrogens (tertiary/aromatic N) is 3. The first kappa shape index (κ1) is 21.0. The van der Waals surface area contributed by atoms with Crippen LogP contribution in [0.1, 0.15) is 51.9 Å². The molecule has 0 spiro atoms. The van der Waals surface area contributed by atoms with Crippen LogP contribution in [-0.4, -0.2) is 43.0 Å². The minimum absolute atomic E-state index is 0.0645. The van der Waals surface area contributed by atoms with Crippen LogP contribution in [-0.2, 0) is 12.8 Å². The summed E-state index contributed by atoms with van der Waals surface area (Å²) in [5.41, 5.74) is 7.01. The van der Waals surface area contributed by atoms with E-state index >= 15 is 0 Å². The van der Waals surface area contributed by atoms with E-state index in [9.17, 15) is 4.79 Å². The molecule has 0 aliphatic heterocycles. The molecule has 1 amide bonds. The predicted molar refractivity (Wildman–Crippen MR) is 127 cm³/mol. The quantitative estimate of drug-likeness (QED) is 0.535. The van der Waals surface area contributed by atoms with Crippen molar-refractivity contribution in [3.8, 4) is 0 Å². The summed E-state index contributed by atoms with van der Waals surface area (Å²) >= 11 is 1.62. The number of anilines is 1. The number of amides is 1. The topological polar surface area (TPSA) is 36.4 Å². The molecule has 0 fully saturated rings. The summed E-state index contributed by atoms with van der Waals surface area (Å²) in [5.74, 6) is 0.0645. The van der Waals surface area contributed by atoms with Crippen molar-refractivity contribution in [1.29, 1.82) is 0 Å². The SMILES string of the molecule is Cc1cc2nc(N(CCCN(C)C)C(=O)c3ccc4c(c3)CCCC4)sc2cc1C. The third-order valence-corrected chi connectivity index (χ3v) is 7.09. The van der Waals surface area contributed by atoms with Gasteiger partial charge in [-0.2, -0.15) is 0 Å². The number of hydrogen-bond donors (Lipinski definition) is 0. The number of carbonyl (C=O) groups is 1. The highest BCUT2D eigenvalue weighted by molar-refractivity contribution is 7.22. The van der Waals surface area contributed by atoms with Crippen molar-refractivity contribution in [3.05, 3.63) is 58.1 Å². The van der Waals surface area contributed by atoms with Crippen LogP contribution in [0.4, 0.5) is 5.13 Å². The number of hydrogen-bond acceptors (Lipinski definition) is 4. The normalized spacial score (nSPS) is 13.6. The molecule has 1 aliphatic carbocycles. The van der Waals surface area contributed by atoms with Gasteiger partial charge in [0.15, 0.2) is 5.13 Å². The maximum Gasteiger partial charge on any atom is 0.260 e. The standard InChI is InChI=1S/C25H31N3OS/c1-17-14-22-23(15-18(17)2)30-25(26-22)28(13-7-12-27(3)4)24(29)21-11-10-19-8-5-6-9-20(19)16-21/h10-11,14-16H,5-9,12-13H2,1-4H3. The Morgan fingerprint density at radius 3 is 2.50 bits per heavy atom. The lowest BCUT2D eigenvalue weighted by Gasteiger charge is -2.22. The fourth-order valence-corrected chi connectivity index (χ4v) is 5.20. The van der Waals surface area contributed by atoms with Gasteiger partial charge in [-0.25, -0.2) is 4.98 Å². The Labute approximate surface area is 183 Å². The molecule has 0 bridgehead atoms. The Hall–Kier alpha value is -2.24. The monoisotopic (exact) mass is 421 g/mol. The molecule has 0 saturated heterocycles. The van der Waals surface area contributed by atoms with Gasteiger partial charge < -0.3 is 4.90 Å². The Morgan fingerprint density at radius 1 is 1.00 bits per heavy atom. The van der Waals surface area contributed by atoms with Gasteiger partial charge in [0.1, 0.15) is 0 Å². The van der Waals surface area contributed by atoms with E-state index in [1.807, 2.05) is 11.0 Å². The maximum absolute atomic E-state index is 13.6. The maximum atomic E-state index is 13.6. The molecule has 5 heteroatoms. The number of benzene rings is 2. The highest BCUT2D eigenvalue weighted by Crippen LogP contribution is 2.32. The zero-order chi connectivity index (χ0) is 21.3. The molecule has 0 saturated carbocycles. The van der Waals surface area contributed by atoms with Gasteiger partial charge in [-0.15, -0.1) is 0 Å². The molecule has 1 heterocycles. The molecule has 0 N–H and O–H groups in total. The molecule has 0 atom stereocenters. The number of thiazole rings is 1. The van der Waals surface area contributed by atoms with Crippen molar-refractivity contribution in [2.75, 3.05) is 32.1 Å². The molecule has 0 unspecified atom stereocenters. The highest BCUT2D eigenvalue weighted by atomic mass is 32.1. The van der Waals surface area contributed by atoms with Crippen molar-refractivity contribution < 1.29 is 4.79 Å². The third kappa shape index (κ3) is 4.42. The van der Waals surface area contributed by atoms with Crippen molar-refractivity contribution in [2.45, 2.75) is 46.0 Å². The molecular formula is C25H31N3OS. The van der Waals surface area contributed by atoms with Crippen LogP contribution in [0.15, 0.2) is 30.3 Å². The first-order valence-electron chi connectivity index (χ1n) is 10.9. The van der Waals surface area contributed by atoms with Gasteiger partial charge in [0.2, 0.25) is 0 Å². The fraction of sp³-hybridized carbons (Fsp3) is 0.440. The molecule has 1 aliphatic rings. The minimum Gasteiger partial charge on any atom is -0.309 e. The summed E-state index contributed by atoms with van der Waals surface area (Å²) < 4.78 is 1.14. The second kappa shape index (κ2) is 8.86. The molecule has 4 nitrogen and oxygen atoms in total. The molecule has 3 aromatic rings. The zero-order valence-corrected chi connectivity index (χ0v) is 19.3. The Bertz CT molecular complexity index is 1030. The second-order valence-electron chi connectivity index (χ2n) is 8.70. The van der Waals surface area contributed by atoms with Crippen LogP contribution in [0.2, 0.25) is 0 Å². The van der Waals surface area contributed by atoms with E-state index in [1.54, 1.807) is 11.3 Å². The summed E-state index contributed by atoms with van der Waals surface area (Å²) in [7, 11) is 4.14. The van der Waals surface area contributed by atoms with Crippen LogP contribution >= 0.6 is 11.3 Å². The molecular weight excluding hydrogens is 390 g/mol. The first-order chi connectivity index (χ1) is 14.4. The average Bonchev–Trinajstić information content (AvgIpc) is 3.12. The zero-order valence-electron chi connectivity index (χ0n) is 18.5. The molecule has 4 rings (SSSR count). The van der Waals surface area contributed by atoms with Crippen molar-refractivity contribution in [1.82, 2.24) is 9.88 Å². The summed E-state index contributed by atoms with van der Waals surface area (Å²) in [6.07, 6.45) is 5.59. The lowest BCUT2D eigenvalue weighted by Crippen LogP contribution is -2.33. The summed E-state index contributed by atoms with van der Waals surface area (Å²) in [4.78, 5) is 22.5. The summed E-state index contributed by atoms with van der Waals surface area (Å²) in [6, 6.07) is 10.6. The van der Waals surface area contributed by atoms with Crippen LogP contribution < -0.4 is 4.90 Å². The Balaban J connectivity index is 1.68.